The second-order valence-electron chi connectivity index (χ2n) is 7.48. The van der Waals surface area contributed by atoms with Crippen LogP contribution in [0, 0.1) is 5.92 Å². The van der Waals surface area contributed by atoms with E-state index >= 15 is 0 Å². The van der Waals surface area contributed by atoms with Gasteiger partial charge in [0.15, 0.2) is 0 Å². The fourth-order valence-electron chi connectivity index (χ4n) is 3.62. The fraction of sp³-hybridized carbons (Fsp3) is 0.333. The van der Waals surface area contributed by atoms with Crippen LogP contribution < -0.4 is 11.1 Å². The Labute approximate surface area is 163 Å². The highest BCUT2D eigenvalue weighted by atomic mass is 16.2. The van der Waals surface area contributed by atoms with Gasteiger partial charge in [-0.25, -0.2) is 0 Å². The molecule has 1 saturated heterocycles. The fourth-order valence-corrected chi connectivity index (χ4v) is 3.62. The lowest BCUT2D eigenvalue weighted by Crippen LogP contribution is -2.55. The lowest BCUT2D eigenvalue weighted by molar-refractivity contribution is -0.150. The number of nitrogens with zero attached hydrogens (tertiary/aromatic N) is 2. The molecule has 28 heavy (non-hydrogen) atoms. The van der Waals surface area contributed by atoms with Crippen LogP contribution in [0.25, 0.3) is 0 Å². The van der Waals surface area contributed by atoms with Gasteiger partial charge in [-0.15, -0.1) is 0 Å². The van der Waals surface area contributed by atoms with Gasteiger partial charge >= 0.3 is 11.8 Å². The van der Waals surface area contributed by atoms with E-state index in [1.807, 2.05) is 37.3 Å². The Balaban J connectivity index is 1.84. The van der Waals surface area contributed by atoms with Crippen molar-refractivity contribution in [2.75, 3.05) is 11.9 Å². The highest BCUT2D eigenvalue weighted by Gasteiger charge is 2.42. The summed E-state index contributed by atoms with van der Waals surface area (Å²) in [6.07, 6.45) is 4.42. The van der Waals surface area contributed by atoms with Gasteiger partial charge in [0.1, 0.15) is 0 Å². The standard InChI is InChI=1S/C21H24N4O3/c1-14-8-9-21(2,16-6-4-3-5-7-16)25(13-14)20(28)19(27)24-17-10-15(18(22)26)11-23-12-17/h3-7,10-12,14H,8-9,13H2,1-2H3,(H2,22,26)(H,24,27). The number of nitrogens with two attached hydrogens (primary N) is 1. The van der Waals surface area contributed by atoms with Crippen LogP contribution in [0.4, 0.5) is 5.69 Å². The molecule has 3 N–H and O–H groups in total. The minimum Gasteiger partial charge on any atom is -0.366 e. The number of primary amides is 1. The molecule has 3 rings (SSSR count). The maximum atomic E-state index is 13.1. The molecule has 0 saturated carbocycles. The Hall–Kier alpha value is -3.22. The number of carbonyl (C=O) groups excluding carboxylic acids is 3. The first kappa shape index (κ1) is 19.5. The van der Waals surface area contributed by atoms with Gasteiger partial charge in [0.25, 0.3) is 0 Å². The van der Waals surface area contributed by atoms with Crippen molar-refractivity contribution < 1.29 is 14.4 Å². The number of hydrogen-bond donors (Lipinski definition) is 2. The van der Waals surface area contributed by atoms with Gasteiger partial charge in [-0.1, -0.05) is 37.3 Å². The smallest absolute Gasteiger partial charge is 0.313 e. The van der Waals surface area contributed by atoms with Crippen molar-refractivity contribution in [1.82, 2.24) is 9.88 Å². The molecule has 7 heteroatoms. The van der Waals surface area contributed by atoms with E-state index in [9.17, 15) is 14.4 Å². The van der Waals surface area contributed by atoms with Crippen molar-refractivity contribution in [3.05, 3.63) is 59.9 Å². The number of pyridine rings is 1. The summed E-state index contributed by atoms with van der Waals surface area (Å²) in [6, 6.07) is 11.2. The van der Waals surface area contributed by atoms with Crippen LogP contribution >= 0.6 is 0 Å². The van der Waals surface area contributed by atoms with Gasteiger partial charge in [0, 0.05) is 12.7 Å². The predicted octanol–water partition coefficient (Wildman–Crippen LogP) is 2.29. The second kappa shape index (κ2) is 7.80. The molecule has 2 unspecified atom stereocenters. The van der Waals surface area contributed by atoms with Gasteiger partial charge < -0.3 is 16.0 Å². The Morgan fingerprint density at radius 1 is 1.21 bits per heavy atom. The third kappa shape index (κ3) is 3.88. The quantitative estimate of drug-likeness (QED) is 0.797. The molecule has 0 radical (unpaired) electrons. The number of hydrogen-bond acceptors (Lipinski definition) is 4. The third-order valence-electron chi connectivity index (χ3n) is 5.33. The van der Waals surface area contributed by atoms with Crippen molar-refractivity contribution in [2.24, 2.45) is 11.7 Å². The summed E-state index contributed by atoms with van der Waals surface area (Å²) < 4.78 is 0. The number of aromatic nitrogens is 1. The van der Waals surface area contributed by atoms with Crippen molar-refractivity contribution >= 4 is 23.4 Å². The van der Waals surface area contributed by atoms with E-state index in [4.69, 9.17) is 5.73 Å². The molecule has 1 aromatic heterocycles. The molecule has 2 atom stereocenters. The third-order valence-corrected chi connectivity index (χ3v) is 5.33. The number of carbonyl (C=O) groups is 3. The molecule has 2 heterocycles. The maximum absolute atomic E-state index is 13.1. The summed E-state index contributed by atoms with van der Waals surface area (Å²) in [6.45, 7) is 4.56. The normalized spacial score (nSPS) is 21.8. The second-order valence-corrected chi connectivity index (χ2v) is 7.48. The number of nitrogens with one attached hydrogen (secondary N) is 1. The predicted molar refractivity (Wildman–Crippen MR) is 105 cm³/mol. The number of piperidine rings is 1. The molecule has 146 valence electrons. The van der Waals surface area contributed by atoms with Crippen LogP contribution in [0.3, 0.4) is 0 Å². The Morgan fingerprint density at radius 2 is 1.93 bits per heavy atom. The van der Waals surface area contributed by atoms with Gasteiger partial charge in [-0.05, 0) is 37.3 Å². The minimum atomic E-state index is -0.764. The largest absolute Gasteiger partial charge is 0.366 e. The summed E-state index contributed by atoms with van der Waals surface area (Å²) in [5.74, 6) is -1.73. The minimum absolute atomic E-state index is 0.158. The summed E-state index contributed by atoms with van der Waals surface area (Å²) in [5.41, 5.74) is 6.09. The highest BCUT2D eigenvalue weighted by molar-refractivity contribution is 6.39. The first-order chi connectivity index (χ1) is 13.3. The van der Waals surface area contributed by atoms with E-state index in [0.717, 1.165) is 18.4 Å². The Kier molecular flexibility index (Phi) is 5.44. The van der Waals surface area contributed by atoms with Crippen molar-refractivity contribution in [3.8, 4) is 0 Å². The number of benzene rings is 1. The molecule has 1 aliphatic heterocycles. The zero-order valence-corrected chi connectivity index (χ0v) is 16.0. The Morgan fingerprint density at radius 3 is 2.61 bits per heavy atom. The van der Waals surface area contributed by atoms with E-state index < -0.39 is 23.3 Å². The number of likely N-dealkylation sites (tertiary alicyclic amines) is 1. The van der Waals surface area contributed by atoms with Gasteiger partial charge in [-0.2, -0.15) is 0 Å². The van der Waals surface area contributed by atoms with Gasteiger partial charge in [-0.3, -0.25) is 19.4 Å². The van der Waals surface area contributed by atoms with Crippen LogP contribution in [0.1, 0.15) is 42.6 Å². The summed E-state index contributed by atoms with van der Waals surface area (Å²) in [7, 11) is 0. The molecule has 1 aromatic carbocycles. The summed E-state index contributed by atoms with van der Waals surface area (Å²) in [4.78, 5) is 42.6. The van der Waals surface area contributed by atoms with E-state index in [-0.39, 0.29) is 11.3 Å². The number of rotatable bonds is 3. The molecule has 7 nitrogen and oxygen atoms in total. The van der Waals surface area contributed by atoms with E-state index in [1.165, 1.54) is 18.5 Å². The summed E-state index contributed by atoms with van der Waals surface area (Å²) >= 11 is 0. The molecule has 2 aromatic rings. The summed E-state index contributed by atoms with van der Waals surface area (Å²) in [5, 5.41) is 2.54. The monoisotopic (exact) mass is 380 g/mol. The lowest BCUT2D eigenvalue weighted by Gasteiger charge is -2.47. The molecule has 0 aliphatic carbocycles. The van der Waals surface area contributed by atoms with Crippen LogP contribution in [0.15, 0.2) is 48.8 Å². The average molecular weight is 380 g/mol. The van der Waals surface area contributed by atoms with Crippen LogP contribution in [0.2, 0.25) is 0 Å². The van der Waals surface area contributed by atoms with E-state index in [1.54, 1.807) is 4.90 Å². The molecule has 3 amide bonds. The number of anilines is 1. The first-order valence-corrected chi connectivity index (χ1v) is 9.24. The van der Waals surface area contributed by atoms with Gasteiger partial charge in [0.2, 0.25) is 5.91 Å². The highest BCUT2D eigenvalue weighted by Crippen LogP contribution is 2.39. The van der Waals surface area contributed by atoms with Crippen LogP contribution in [-0.4, -0.2) is 34.2 Å². The molecule has 1 fully saturated rings. The van der Waals surface area contributed by atoms with Crippen LogP contribution in [0.5, 0.6) is 0 Å². The zero-order valence-electron chi connectivity index (χ0n) is 16.0. The molecule has 0 spiro atoms. The van der Waals surface area contributed by atoms with E-state index in [0.29, 0.717) is 12.5 Å². The zero-order chi connectivity index (χ0) is 20.3. The Bertz CT molecular complexity index is 900. The van der Waals surface area contributed by atoms with Crippen LogP contribution in [-0.2, 0) is 15.1 Å². The lowest BCUT2D eigenvalue weighted by atomic mass is 9.79. The maximum Gasteiger partial charge on any atom is 0.313 e. The molecule has 1 aliphatic rings. The van der Waals surface area contributed by atoms with Crippen molar-refractivity contribution in [3.63, 3.8) is 0 Å². The SMILES string of the molecule is CC1CCC(C)(c2ccccc2)N(C(=O)C(=O)Nc2cncc(C(N)=O)c2)C1. The topological polar surface area (TPSA) is 105 Å². The van der Waals surface area contributed by atoms with E-state index in [2.05, 4.69) is 17.2 Å². The number of amides is 3. The van der Waals surface area contributed by atoms with Gasteiger partial charge in [0.05, 0.1) is 23.0 Å². The first-order valence-electron chi connectivity index (χ1n) is 9.24. The molecular weight excluding hydrogens is 356 g/mol. The van der Waals surface area contributed by atoms with Crippen molar-refractivity contribution in [1.29, 1.82) is 0 Å². The molecule has 0 bridgehead atoms. The van der Waals surface area contributed by atoms with Crippen molar-refractivity contribution in [2.45, 2.75) is 32.2 Å². The molecular formula is C21H24N4O3. The average Bonchev–Trinajstić information content (AvgIpc) is 2.70.